The first-order valence-corrected chi connectivity index (χ1v) is 7.15. The lowest BCUT2D eigenvalue weighted by Gasteiger charge is -2.45. The van der Waals surface area contributed by atoms with Crippen LogP contribution in [0.2, 0.25) is 0 Å². The van der Waals surface area contributed by atoms with Crippen LogP contribution in [0.1, 0.15) is 45.4 Å². The zero-order valence-electron chi connectivity index (χ0n) is 12.6. The van der Waals surface area contributed by atoms with Gasteiger partial charge in [-0.2, -0.15) is 0 Å². The molecule has 0 aliphatic heterocycles. The molecule has 4 nitrogen and oxygen atoms in total. The number of nitrogens with two attached hydrogens (primary N) is 1. The van der Waals surface area contributed by atoms with Crippen molar-refractivity contribution in [2.24, 2.45) is 18.2 Å². The Kier molecular flexibility index (Phi) is 4.02. The van der Waals surface area contributed by atoms with E-state index in [0.29, 0.717) is 5.41 Å². The van der Waals surface area contributed by atoms with Gasteiger partial charge >= 0.3 is 0 Å². The fourth-order valence-electron chi connectivity index (χ4n) is 3.05. The molecule has 1 saturated carbocycles. The molecule has 0 radical (unpaired) electrons. The maximum absolute atomic E-state index is 6.46. The number of ether oxygens (including phenoxy) is 1. The van der Waals surface area contributed by atoms with Gasteiger partial charge in [0.05, 0.1) is 5.60 Å². The molecule has 0 aromatic carbocycles. The summed E-state index contributed by atoms with van der Waals surface area (Å²) >= 11 is 0. The summed E-state index contributed by atoms with van der Waals surface area (Å²) in [6, 6.07) is 0.00898. The summed E-state index contributed by atoms with van der Waals surface area (Å²) in [5.41, 5.74) is 6.71. The van der Waals surface area contributed by atoms with Gasteiger partial charge in [0.25, 0.3) is 0 Å². The number of hydrogen-bond donors (Lipinski definition) is 1. The third kappa shape index (κ3) is 3.00. The van der Waals surface area contributed by atoms with Crippen LogP contribution in [0.25, 0.3) is 0 Å². The lowest BCUT2D eigenvalue weighted by Crippen LogP contribution is -2.53. The van der Waals surface area contributed by atoms with Gasteiger partial charge in [-0.05, 0) is 31.1 Å². The monoisotopic (exact) mass is 265 g/mol. The number of imidazole rings is 1. The fourth-order valence-corrected chi connectivity index (χ4v) is 3.05. The van der Waals surface area contributed by atoms with Crippen molar-refractivity contribution >= 4 is 0 Å². The minimum Gasteiger partial charge on any atom is -0.377 e. The second kappa shape index (κ2) is 5.25. The van der Waals surface area contributed by atoms with E-state index in [2.05, 4.69) is 18.8 Å². The topological polar surface area (TPSA) is 53.1 Å². The summed E-state index contributed by atoms with van der Waals surface area (Å²) in [5.74, 6) is 1.04. The fraction of sp³-hybridized carbons (Fsp3) is 0.800. The highest BCUT2D eigenvalue weighted by Gasteiger charge is 2.43. The smallest absolute Gasteiger partial charge is 0.110 e. The minimum atomic E-state index is -0.179. The number of methoxy groups -OCH3 is 1. The van der Waals surface area contributed by atoms with Crippen molar-refractivity contribution in [3.63, 3.8) is 0 Å². The van der Waals surface area contributed by atoms with Crippen LogP contribution >= 0.6 is 0 Å². The van der Waals surface area contributed by atoms with Gasteiger partial charge in [0.15, 0.2) is 0 Å². The van der Waals surface area contributed by atoms with E-state index < -0.39 is 0 Å². The van der Waals surface area contributed by atoms with Gasteiger partial charge in [-0.15, -0.1) is 0 Å². The summed E-state index contributed by atoms with van der Waals surface area (Å²) in [6.07, 6.45) is 9.00. The van der Waals surface area contributed by atoms with Crippen LogP contribution in [0.15, 0.2) is 12.4 Å². The molecule has 0 spiro atoms. The number of rotatable bonds is 4. The lowest BCUT2D eigenvalue weighted by atomic mass is 9.68. The van der Waals surface area contributed by atoms with E-state index in [4.69, 9.17) is 10.5 Å². The summed E-state index contributed by atoms with van der Waals surface area (Å²) in [7, 11) is 3.81. The molecule has 2 N–H and O–H groups in total. The molecular weight excluding hydrogens is 238 g/mol. The Balaban J connectivity index is 2.07. The Morgan fingerprint density at radius 3 is 2.47 bits per heavy atom. The second-order valence-corrected chi connectivity index (χ2v) is 6.70. The first kappa shape index (κ1) is 14.5. The third-order valence-corrected chi connectivity index (χ3v) is 4.86. The van der Waals surface area contributed by atoms with Gasteiger partial charge in [0, 0.05) is 39.0 Å². The molecule has 19 heavy (non-hydrogen) atoms. The van der Waals surface area contributed by atoms with Crippen molar-refractivity contribution in [3.05, 3.63) is 18.2 Å². The normalized spacial score (nSPS) is 23.2. The highest BCUT2D eigenvalue weighted by molar-refractivity contribution is 5.03. The maximum Gasteiger partial charge on any atom is 0.110 e. The lowest BCUT2D eigenvalue weighted by molar-refractivity contribution is -0.0785. The quantitative estimate of drug-likeness (QED) is 0.908. The standard InChI is InChI=1S/C15H27N3O/c1-14(2)5-7-15(19-4,8-6-14)12(16)11-13-17-9-10-18(13)3/h9-10,12H,5-8,11,16H2,1-4H3. The molecule has 1 heterocycles. The van der Waals surface area contributed by atoms with Gasteiger partial charge in [-0.1, -0.05) is 13.8 Å². The highest BCUT2D eigenvalue weighted by Crippen LogP contribution is 2.43. The van der Waals surface area contributed by atoms with Crippen molar-refractivity contribution < 1.29 is 4.74 Å². The van der Waals surface area contributed by atoms with Crippen molar-refractivity contribution in [2.75, 3.05) is 7.11 Å². The summed E-state index contributed by atoms with van der Waals surface area (Å²) in [5, 5.41) is 0. The van der Waals surface area contributed by atoms with Crippen LogP contribution in [0.3, 0.4) is 0 Å². The Morgan fingerprint density at radius 2 is 2.00 bits per heavy atom. The molecule has 1 aromatic heterocycles. The van der Waals surface area contributed by atoms with Crippen LogP contribution in [-0.4, -0.2) is 28.3 Å². The van der Waals surface area contributed by atoms with Crippen LogP contribution in [0.4, 0.5) is 0 Å². The number of hydrogen-bond acceptors (Lipinski definition) is 3. The second-order valence-electron chi connectivity index (χ2n) is 6.70. The number of aryl methyl sites for hydroxylation is 1. The zero-order chi connectivity index (χ0) is 14.1. The largest absolute Gasteiger partial charge is 0.377 e. The minimum absolute atomic E-state index is 0.00898. The van der Waals surface area contributed by atoms with Crippen LogP contribution in [0, 0.1) is 5.41 Å². The van der Waals surface area contributed by atoms with E-state index in [1.165, 1.54) is 12.8 Å². The molecule has 1 aliphatic carbocycles. The molecule has 1 aromatic rings. The molecule has 1 unspecified atom stereocenters. The SMILES string of the molecule is COC1(C(N)Cc2nccn2C)CCC(C)(C)CC1. The van der Waals surface area contributed by atoms with E-state index in [1.807, 2.05) is 24.0 Å². The molecule has 2 rings (SSSR count). The third-order valence-electron chi connectivity index (χ3n) is 4.86. The van der Waals surface area contributed by atoms with Gasteiger partial charge in [-0.25, -0.2) is 4.98 Å². The maximum atomic E-state index is 6.46. The molecule has 0 amide bonds. The first-order valence-electron chi connectivity index (χ1n) is 7.15. The van der Waals surface area contributed by atoms with Crippen molar-refractivity contribution in [1.82, 2.24) is 9.55 Å². The molecular formula is C15H27N3O. The average molecular weight is 265 g/mol. The van der Waals surface area contributed by atoms with Crippen molar-refractivity contribution in [3.8, 4) is 0 Å². The Labute approximate surface area is 116 Å². The van der Waals surface area contributed by atoms with Gasteiger partial charge in [-0.3, -0.25) is 0 Å². The molecule has 1 fully saturated rings. The summed E-state index contributed by atoms with van der Waals surface area (Å²) in [6.45, 7) is 4.66. The Morgan fingerprint density at radius 1 is 1.37 bits per heavy atom. The van der Waals surface area contributed by atoms with Crippen LogP contribution < -0.4 is 5.73 Å². The predicted octanol–water partition coefficient (Wildman–Crippen LogP) is 2.28. The van der Waals surface area contributed by atoms with Gasteiger partial charge in [0.1, 0.15) is 5.82 Å². The zero-order valence-corrected chi connectivity index (χ0v) is 12.6. The molecule has 108 valence electrons. The van der Waals surface area contributed by atoms with Gasteiger partial charge in [0.2, 0.25) is 0 Å². The predicted molar refractivity (Wildman–Crippen MR) is 76.9 cm³/mol. The molecule has 0 bridgehead atoms. The van der Waals surface area contributed by atoms with Crippen molar-refractivity contribution in [1.29, 1.82) is 0 Å². The van der Waals surface area contributed by atoms with Gasteiger partial charge < -0.3 is 15.0 Å². The highest BCUT2D eigenvalue weighted by atomic mass is 16.5. The summed E-state index contributed by atoms with van der Waals surface area (Å²) in [4.78, 5) is 4.37. The van der Waals surface area contributed by atoms with E-state index in [-0.39, 0.29) is 11.6 Å². The molecule has 0 saturated heterocycles. The van der Waals surface area contributed by atoms with E-state index in [0.717, 1.165) is 25.1 Å². The van der Waals surface area contributed by atoms with Crippen LogP contribution in [-0.2, 0) is 18.2 Å². The molecule has 4 heteroatoms. The van der Waals surface area contributed by atoms with E-state index in [9.17, 15) is 0 Å². The van der Waals surface area contributed by atoms with E-state index >= 15 is 0 Å². The van der Waals surface area contributed by atoms with E-state index in [1.54, 1.807) is 7.11 Å². The Hall–Kier alpha value is -0.870. The number of nitrogens with zero attached hydrogens (tertiary/aromatic N) is 2. The molecule has 1 aliphatic rings. The Bertz CT molecular complexity index is 415. The first-order chi connectivity index (χ1) is 8.88. The molecule has 1 atom stereocenters. The number of aromatic nitrogens is 2. The van der Waals surface area contributed by atoms with Crippen LogP contribution in [0.5, 0.6) is 0 Å². The van der Waals surface area contributed by atoms with Crippen molar-refractivity contribution in [2.45, 2.75) is 57.6 Å². The summed E-state index contributed by atoms with van der Waals surface area (Å²) < 4.78 is 7.90. The average Bonchev–Trinajstić information content (AvgIpc) is 2.76.